The lowest BCUT2D eigenvalue weighted by atomic mass is 10.4. The SMILES string of the molecule is Cn1c(SCCCSc2ccccc2Cl)nnc1-c1ccco1. The molecule has 3 aromatic rings. The first kappa shape index (κ1) is 16.5. The van der Waals surface area contributed by atoms with Crippen molar-refractivity contribution in [3.63, 3.8) is 0 Å². The van der Waals surface area contributed by atoms with Crippen molar-refractivity contribution in [3.05, 3.63) is 47.7 Å². The second-order valence-corrected chi connectivity index (χ2v) is 7.43. The first-order valence-corrected chi connectivity index (χ1v) is 9.54. The molecule has 0 amide bonds. The van der Waals surface area contributed by atoms with E-state index in [4.69, 9.17) is 16.0 Å². The van der Waals surface area contributed by atoms with Crippen molar-refractivity contribution >= 4 is 35.1 Å². The molecule has 3 rings (SSSR count). The second kappa shape index (κ2) is 7.95. The molecular formula is C16H16ClN3OS2. The Bertz CT molecular complexity index is 759. The van der Waals surface area contributed by atoms with Crippen molar-refractivity contribution in [2.45, 2.75) is 16.5 Å². The highest BCUT2D eigenvalue weighted by Crippen LogP contribution is 2.28. The summed E-state index contributed by atoms with van der Waals surface area (Å²) < 4.78 is 7.33. The summed E-state index contributed by atoms with van der Waals surface area (Å²) in [6.07, 6.45) is 2.71. The lowest BCUT2D eigenvalue weighted by Gasteiger charge is -2.04. The Morgan fingerprint density at radius 2 is 1.91 bits per heavy atom. The smallest absolute Gasteiger partial charge is 0.200 e. The Hall–Kier alpha value is -1.37. The third kappa shape index (κ3) is 4.13. The van der Waals surface area contributed by atoms with Crippen LogP contribution in [0, 0.1) is 0 Å². The van der Waals surface area contributed by atoms with Crippen molar-refractivity contribution in [2.24, 2.45) is 7.05 Å². The minimum absolute atomic E-state index is 0.737. The predicted molar refractivity (Wildman–Crippen MR) is 96.2 cm³/mol. The third-order valence-electron chi connectivity index (χ3n) is 3.19. The highest BCUT2D eigenvalue weighted by atomic mass is 35.5. The van der Waals surface area contributed by atoms with Gasteiger partial charge in [-0.15, -0.1) is 22.0 Å². The molecule has 2 heterocycles. The third-order valence-corrected chi connectivity index (χ3v) is 5.90. The second-order valence-electron chi connectivity index (χ2n) is 4.82. The number of aromatic nitrogens is 3. The van der Waals surface area contributed by atoms with Gasteiger partial charge in [0.25, 0.3) is 0 Å². The van der Waals surface area contributed by atoms with Crippen LogP contribution in [-0.4, -0.2) is 26.3 Å². The fourth-order valence-corrected chi connectivity index (χ4v) is 4.25. The number of furan rings is 1. The molecule has 0 aliphatic heterocycles. The van der Waals surface area contributed by atoms with Crippen molar-refractivity contribution in [3.8, 4) is 11.6 Å². The zero-order valence-electron chi connectivity index (χ0n) is 12.6. The number of halogens is 1. The van der Waals surface area contributed by atoms with Crippen LogP contribution in [0.1, 0.15) is 6.42 Å². The van der Waals surface area contributed by atoms with Crippen LogP contribution in [0.25, 0.3) is 11.6 Å². The maximum absolute atomic E-state index is 6.15. The fourth-order valence-electron chi connectivity index (χ4n) is 2.03. The number of thioether (sulfide) groups is 2. The Labute approximate surface area is 148 Å². The van der Waals surface area contributed by atoms with E-state index in [1.54, 1.807) is 29.8 Å². The molecule has 0 aliphatic carbocycles. The van der Waals surface area contributed by atoms with Crippen molar-refractivity contribution in [2.75, 3.05) is 11.5 Å². The molecule has 23 heavy (non-hydrogen) atoms. The molecule has 0 aliphatic rings. The molecular weight excluding hydrogens is 350 g/mol. The molecule has 1 aromatic carbocycles. The van der Waals surface area contributed by atoms with E-state index in [2.05, 4.69) is 16.3 Å². The Balaban J connectivity index is 1.47. The van der Waals surface area contributed by atoms with Gasteiger partial charge in [-0.05, 0) is 36.4 Å². The van der Waals surface area contributed by atoms with E-state index in [1.807, 2.05) is 41.9 Å². The van der Waals surface area contributed by atoms with Crippen LogP contribution in [0.3, 0.4) is 0 Å². The average molecular weight is 366 g/mol. The number of rotatable bonds is 7. The summed E-state index contributed by atoms with van der Waals surface area (Å²) in [7, 11) is 1.96. The average Bonchev–Trinajstić information content (AvgIpc) is 3.19. The largest absolute Gasteiger partial charge is 0.461 e. The maximum Gasteiger partial charge on any atom is 0.200 e. The van der Waals surface area contributed by atoms with Crippen LogP contribution >= 0.6 is 35.1 Å². The van der Waals surface area contributed by atoms with Gasteiger partial charge in [0.05, 0.1) is 11.3 Å². The van der Waals surface area contributed by atoms with Gasteiger partial charge in [-0.1, -0.05) is 35.5 Å². The minimum Gasteiger partial charge on any atom is -0.461 e. The highest BCUT2D eigenvalue weighted by Gasteiger charge is 2.12. The van der Waals surface area contributed by atoms with Gasteiger partial charge in [0.2, 0.25) is 0 Å². The number of hydrogen-bond donors (Lipinski definition) is 0. The first-order valence-electron chi connectivity index (χ1n) is 7.19. The molecule has 2 aromatic heterocycles. The molecule has 120 valence electrons. The van der Waals surface area contributed by atoms with Crippen LogP contribution in [0.15, 0.2) is 57.1 Å². The summed E-state index contributed by atoms with van der Waals surface area (Å²) in [5, 5.41) is 10.1. The topological polar surface area (TPSA) is 43.9 Å². The summed E-state index contributed by atoms with van der Waals surface area (Å²) in [4.78, 5) is 1.14. The van der Waals surface area contributed by atoms with E-state index in [0.717, 1.165) is 44.6 Å². The zero-order chi connectivity index (χ0) is 16.1. The fraction of sp³-hybridized carbons (Fsp3) is 0.250. The van der Waals surface area contributed by atoms with Gasteiger partial charge in [-0.3, -0.25) is 0 Å². The molecule has 0 fully saturated rings. The van der Waals surface area contributed by atoms with Gasteiger partial charge in [0.1, 0.15) is 0 Å². The van der Waals surface area contributed by atoms with Crippen molar-refractivity contribution in [1.29, 1.82) is 0 Å². The Kier molecular flexibility index (Phi) is 5.70. The van der Waals surface area contributed by atoms with E-state index < -0.39 is 0 Å². The molecule has 0 saturated heterocycles. The predicted octanol–water partition coefficient (Wildman–Crippen LogP) is 5.00. The van der Waals surface area contributed by atoms with E-state index in [-0.39, 0.29) is 0 Å². The molecule has 7 heteroatoms. The molecule has 0 bridgehead atoms. The van der Waals surface area contributed by atoms with E-state index in [1.165, 1.54) is 0 Å². The molecule has 0 atom stereocenters. The van der Waals surface area contributed by atoms with E-state index in [0.29, 0.717) is 0 Å². The van der Waals surface area contributed by atoms with Crippen molar-refractivity contribution < 1.29 is 4.42 Å². The van der Waals surface area contributed by atoms with Crippen LogP contribution < -0.4 is 0 Å². The molecule has 0 saturated carbocycles. The quantitative estimate of drug-likeness (QED) is 0.435. The number of hydrogen-bond acceptors (Lipinski definition) is 5. The Morgan fingerprint density at radius 1 is 1.09 bits per heavy atom. The molecule has 4 nitrogen and oxygen atoms in total. The van der Waals surface area contributed by atoms with E-state index >= 15 is 0 Å². The summed E-state index contributed by atoms with van der Waals surface area (Å²) >= 11 is 9.64. The van der Waals surface area contributed by atoms with Crippen LogP contribution in [-0.2, 0) is 7.05 Å². The minimum atomic E-state index is 0.737. The standard InChI is InChI=1S/C16H16ClN3OS2/c1-20-15(13-7-4-9-21-13)18-19-16(20)23-11-5-10-22-14-8-3-2-6-12(14)17/h2-4,6-9H,5,10-11H2,1H3. The van der Waals surface area contributed by atoms with Crippen LogP contribution in [0.5, 0.6) is 0 Å². The van der Waals surface area contributed by atoms with Gasteiger partial charge in [-0.2, -0.15) is 0 Å². The normalized spacial score (nSPS) is 11.0. The Morgan fingerprint density at radius 3 is 2.70 bits per heavy atom. The summed E-state index contributed by atoms with van der Waals surface area (Å²) in [5.74, 6) is 3.50. The molecule has 0 unspecified atom stereocenters. The molecule has 0 N–H and O–H groups in total. The van der Waals surface area contributed by atoms with E-state index in [9.17, 15) is 0 Å². The van der Waals surface area contributed by atoms with Gasteiger partial charge < -0.3 is 8.98 Å². The summed E-state index contributed by atoms with van der Waals surface area (Å²) in [6, 6.07) is 11.7. The maximum atomic E-state index is 6.15. The summed E-state index contributed by atoms with van der Waals surface area (Å²) in [6.45, 7) is 0. The van der Waals surface area contributed by atoms with Gasteiger partial charge in [0.15, 0.2) is 16.7 Å². The first-order chi connectivity index (χ1) is 11.3. The number of nitrogens with zero attached hydrogens (tertiary/aromatic N) is 3. The van der Waals surface area contributed by atoms with Crippen LogP contribution in [0.2, 0.25) is 5.02 Å². The monoisotopic (exact) mass is 365 g/mol. The van der Waals surface area contributed by atoms with Gasteiger partial charge in [0, 0.05) is 17.7 Å². The number of benzene rings is 1. The van der Waals surface area contributed by atoms with Gasteiger partial charge in [-0.25, -0.2) is 0 Å². The van der Waals surface area contributed by atoms with Gasteiger partial charge >= 0.3 is 0 Å². The molecule has 0 radical (unpaired) electrons. The lowest BCUT2D eigenvalue weighted by Crippen LogP contribution is -1.95. The zero-order valence-corrected chi connectivity index (χ0v) is 15.0. The molecule has 0 spiro atoms. The van der Waals surface area contributed by atoms with Crippen LogP contribution in [0.4, 0.5) is 0 Å². The lowest BCUT2D eigenvalue weighted by molar-refractivity contribution is 0.572. The highest BCUT2D eigenvalue weighted by molar-refractivity contribution is 8.00. The van der Waals surface area contributed by atoms with Crippen molar-refractivity contribution in [1.82, 2.24) is 14.8 Å². The summed E-state index contributed by atoms with van der Waals surface area (Å²) in [5.41, 5.74) is 0.